The quantitative estimate of drug-likeness (QED) is 0.169. The molecular formula is C31H54N2O. The maximum atomic E-state index is 12.2. The first-order valence-electron chi connectivity index (χ1n) is 13.8. The maximum absolute atomic E-state index is 12.2. The van der Waals surface area contributed by atoms with Crippen molar-refractivity contribution in [1.82, 2.24) is 9.80 Å². The van der Waals surface area contributed by atoms with Gasteiger partial charge in [0.05, 0.1) is 6.04 Å². The number of allylic oxidation sites excluding steroid dienone is 7. The number of ketones is 1. The fraction of sp³-hybridized carbons (Fsp3) is 0.710. The first-order chi connectivity index (χ1) is 16.2. The molecule has 0 aromatic rings. The van der Waals surface area contributed by atoms with Crippen LogP contribution in [0.5, 0.6) is 0 Å². The van der Waals surface area contributed by atoms with Gasteiger partial charge >= 0.3 is 0 Å². The second kappa shape index (κ2) is 17.9. The van der Waals surface area contributed by atoms with E-state index in [-0.39, 0.29) is 6.04 Å². The van der Waals surface area contributed by atoms with Crippen LogP contribution in [0.4, 0.5) is 0 Å². The molecule has 194 valence electrons. The molecule has 0 radical (unpaired) electrons. The minimum atomic E-state index is 0.0785. The molecule has 1 saturated heterocycles. The monoisotopic (exact) mass is 470 g/mol. The number of hydrogen-bond donors (Lipinski definition) is 0. The van der Waals surface area contributed by atoms with Crippen LogP contribution in [-0.4, -0.2) is 54.3 Å². The largest absolute Gasteiger partial charge is 0.298 e. The summed E-state index contributed by atoms with van der Waals surface area (Å²) in [5.74, 6) is 0.320. The number of hydrogen-bond acceptors (Lipinski definition) is 3. The van der Waals surface area contributed by atoms with Gasteiger partial charge in [-0.15, -0.1) is 0 Å². The van der Waals surface area contributed by atoms with Crippen molar-refractivity contribution in [3.05, 3.63) is 46.6 Å². The lowest BCUT2D eigenvalue weighted by atomic mass is 10.0. The summed E-state index contributed by atoms with van der Waals surface area (Å²) in [6.45, 7) is 20.1. The van der Waals surface area contributed by atoms with Gasteiger partial charge in [0.25, 0.3) is 0 Å². The van der Waals surface area contributed by atoms with Crippen molar-refractivity contribution >= 4 is 5.78 Å². The van der Waals surface area contributed by atoms with E-state index >= 15 is 0 Å². The summed E-state index contributed by atoms with van der Waals surface area (Å²) in [5.41, 5.74) is 5.89. The molecule has 1 aliphatic rings. The van der Waals surface area contributed by atoms with Crippen molar-refractivity contribution in [3.8, 4) is 0 Å². The van der Waals surface area contributed by atoms with Gasteiger partial charge in [0.1, 0.15) is 5.78 Å². The molecule has 1 atom stereocenters. The number of carbonyl (C=O) groups excluding carboxylic acids is 1. The van der Waals surface area contributed by atoms with Crippen molar-refractivity contribution in [2.24, 2.45) is 0 Å². The Kier molecular flexibility index (Phi) is 16.1. The first-order valence-corrected chi connectivity index (χ1v) is 13.8. The molecule has 0 aromatic heterocycles. The predicted molar refractivity (Wildman–Crippen MR) is 150 cm³/mol. The lowest BCUT2D eigenvalue weighted by Gasteiger charge is -2.40. The van der Waals surface area contributed by atoms with Gasteiger partial charge in [-0.05, 0) is 93.0 Å². The Morgan fingerprint density at radius 1 is 0.765 bits per heavy atom. The summed E-state index contributed by atoms with van der Waals surface area (Å²) in [6, 6.07) is 0.0785. The van der Waals surface area contributed by atoms with E-state index in [1.54, 1.807) is 6.92 Å². The predicted octanol–water partition coefficient (Wildman–Crippen LogP) is 7.90. The third-order valence-electron chi connectivity index (χ3n) is 6.95. The average Bonchev–Trinajstić information content (AvgIpc) is 2.78. The fourth-order valence-corrected chi connectivity index (χ4v) is 4.53. The zero-order chi connectivity index (χ0) is 25.3. The van der Waals surface area contributed by atoms with Gasteiger partial charge in [-0.3, -0.25) is 14.6 Å². The van der Waals surface area contributed by atoms with E-state index in [4.69, 9.17) is 0 Å². The fourth-order valence-electron chi connectivity index (χ4n) is 4.53. The van der Waals surface area contributed by atoms with E-state index in [9.17, 15) is 4.79 Å². The number of Topliss-reactive ketones (excluding diaryl/α,β-unsaturated/α-hetero) is 1. The Bertz CT molecular complexity index is 709. The lowest BCUT2D eigenvalue weighted by molar-refractivity contribution is -0.124. The molecule has 0 aliphatic carbocycles. The van der Waals surface area contributed by atoms with Crippen LogP contribution >= 0.6 is 0 Å². The molecule has 0 N–H and O–H groups in total. The zero-order valence-electron chi connectivity index (χ0n) is 23.6. The third-order valence-corrected chi connectivity index (χ3v) is 6.95. The molecular weight excluding hydrogens is 416 g/mol. The van der Waals surface area contributed by atoms with Crippen LogP contribution in [0.2, 0.25) is 0 Å². The van der Waals surface area contributed by atoms with Crippen LogP contribution in [0.1, 0.15) is 106 Å². The highest BCUT2D eigenvalue weighted by Crippen LogP contribution is 2.15. The topological polar surface area (TPSA) is 23.6 Å². The van der Waals surface area contributed by atoms with Crippen molar-refractivity contribution in [3.63, 3.8) is 0 Å². The summed E-state index contributed by atoms with van der Waals surface area (Å²) in [7, 11) is 0. The van der Waals surface area contributed by atoms with Crippen LogP contribution in [0.25, 0.3) is 0 Å². The summed E-state index contributed by atoms with van der Waals surface area (Å²) in [5, 5.41) is 0. The molecule has 0 saturated carbocycles. The summed E-state index contributed by atoms with van der Waals surface area (Å²) < 4.78 is 0. The van der Waals surface area contributed by atoms with E-state index in [1.807, 2.05) is 0 Å². The molecule has 1 aliphatic heterocycles. The Balaban J connectivity index is 2.35. The zero-order valence-corrected chi connectivity index (χ0v) is 23.6. The second-order valence-electron chi connectivity index (χ2n) is 10.7. The Morgan fingerprint density at radius 3 is 1.85 bits per heavy atom. The highest BCUT2D eigenvalue weighted by Gasteiger charge is 2.29. The summed E-state index contributed by atoms with van der Waals surface area (Å²) in [6.07, 6.45) is 20.2. The van der Waals surface area contributed by atoms with Crippen molar-refractivity contribution in [2.45, 2.75) is 112 Å². The van der Waals surface area contributed by atoms with E-state index in [0.29, 0.717) is 5.78 Å². The summed E-state index contributed by atoms with van der Waals surface area (Å²) >= 11 is 0. The molecule has 1 rings (SSSR count). The Morgan fingerprint density at radius 2 is 1.32 bits per heavy atom. The highest BCUT2D eigenvalue weighted by molar-refractivity contribution is 5.81. The van der Waals surface area contributed by atoms with Crippen LogP contribution in [0, 0.1) is 0 Å². The first kappa shape index (κ1) is 30.6. The molecule has 34 heavy (non-hydrogen) atoms. The average molecular weight is 471 g/mol. The molecule has 1 heterocycles. The van der Waals surface area contributed by atoms with E-state index in [0.717, 1.165) is 64.8 Å². The normalized spacial score (nSPS) is 18.9. The van der Waals surface area contributed by atoms with E-state index in [1.165, 1.54) is 48.0 Å². The van der Waals surface area contributed by atoms with Gasteiger partial charge in [-0.1, -0.05) is 66.4 Å². The third kappa shape index (κ3) is 14.1. The van der Waals surface area contributed by atoms with Crippen molar-refractivity contribution in [2.75, 3.05) is 32.7 Å². The van der Waals surface area contributed by atoms with Gasteiger partial charge < -0.3 is 0 Å². The molecule has 1 fully saturated rings. The maximum Gasteiger partial charge on any atom is 0.148 e. The minimum absolute atomic E-state index is 0.0785. The minimum Gasteiger partial charge on any atom is -0.298 e. The highest BCUT2D eigenvalue weighted by atomic mass is 16.1. The molecule has 0 amide bonds. The smallest absolute Gasteiger partial charge is 0.148 e. The van der Waals surface area contributed by atoms with Gasteiger partial charge in [0, 0.05) is 26.2 Å². The van der Waals surface area contributed by atoms with Gasteiger partial charge in [-0.25, -0.2) is 0 Å². The lowest BCUT2D eigenvalue weighted by Crippen LogP contribution is -2.56. The second-order valence-corrected chi connectivity index (χ2v) is 10.7. The van der Waals surface area contributed by atoms with Crippen LogP contribution in [0.15, 0.2) is 46.6 Å². The SMILES string of the molecule is CCCCCN1CCN(CC=C(C)CCC=C(C)CCC=C(C)CCC=C(C)C)CC1C(C)=O. The van der Waals surface area contributed by atoms with E-state index < -0.39 is 0 Å². The molecule has 0 spiro atoms. The van der Waals surface area contributed by atoms with Crippen molar-refractivity contribution in [1.29, 1.82) is 0 Å². The number of unbranched alkanes of at least 4 members (excludes halogenated alkanes) is 2. The number of rotatable bonds is 16. The van der Waals surface area contributed by atoms with Crippen LogP contribution in [0.3, 0.4) is 0 Å². The van der Waals surface area contributed by atoms with E-state index in [2.05, 4.69) is 75.6 Å². The van der Waals surface area contributed by atoms with Gasteiger partial charge in [0.15, 0.2) is 0 Å². The molecule has 0 aromatic carbocycles. The van der Waals surface area contributed by atoms with Gasteiger partial charge in [0.2, 0.25) is 0 Å². The molecule has 0 bridgehead atoms. The number of carbonyl (C=O) groups is 1. The Labute approximate surface area is 212 Å². The summed E-state index contributed by atoms with van der Waals surface area (Å²) in [4.78, 5) is 17.1. The van der Waals surface area contributed by atoms with Crippen molar-refractivity contribution < 1.29 is 4.79 Å². The molecule has 3 nitrogen and oxygen atoms in total. The number of piperazine rings is 1. The number of nitrogens with zero attached hydrogens (tertiary/aromatic N) is 2. The molecule has 1 unspecified atom stereocenters. The van der Waals surface area contributed by atoms with Gasteiger partial charge in [-0.2, -0.15) is 0 Å². The van der Waals surface area contributed by atoms with Crippen LogP contribution in [-0.2, 0) is 4.79 Å². The Hall–Kier alpha value is -1.45. The molecule has 3 heteroatoms. The van der Waals surface area contributed by atoms with Crippen LogP contribution < -0.4 is 0 Å². The standard InChI is InChI=1S/C31H54N2O/c1-8-9-10-21-33-24-23-32(25-31(33)30(7)34)22-20-29(6)19-13-18-28(5)17-12-16-27(4)15-11-14-26(2)3/h14,16,18,20,31H,8-13,15,17,19,21-25H2,1-7H3.